The number of methoxy groups -OCH3 is 1. The van der Waals surface area contributed by atoms with E-state index >= 15 is 0 Å². The largest absolute Gasteiger partial charge is 0.496 e. The molecule has 1 atom stereocenters. The zero-order valence-corrected chi connectivity index (χ0v) is 10.8. The number of carboxylic acids is 1. The predicted molar refractivity (Wildman–Crippen MR) is 72.1 cm³/mol. The third-order valence-electron chi connectivity index (χ3n) is 2.71. The Morgan fingerprint density at radius 3 is 2.40 bits per heavy atom. The first kappa shape index (κ1) is 13.9. The average Bonchev–Trinajstić information content (AvgIpc) is 2.47. The number of aliphatic hydroxyl groups is 1. The van der Waals surface area contributed by atoms with Crippen LogP contribution < -0.4 is 9.47 Å². The lowest BCUT2D eigenvalue weighted by Crippen LogP contribution is -2.11. The normalized spacial score (nSPS) is 11.7. The number of hydrogen-bond donors (Lipinski definition) is 2. The first-order valence-electron chi connectivity index (χ1n) is 5.93. The van der Waals surface area contributed by atoms with E-state index in [-0.39, 0.29) is 5.56 Å². The lowest BCUT2D eigenvalue weighted by Gasteiger charge is -2.13. The van der Waals surface area contributed by atoms with Crippen LogP contribution in [-0.4, -0.2) is 23.3 Å². The molecule has 0 amide bonds. The van der Waals surface area contributed by atoms with Gasteiger partial charge in [0.2, 0.25) is 0 Å². The summed E-state index contributed by atoms with van der Waals surface area (Å²) in [6, 6.07) is 13.7. The second-order valence-electron chi connectivity index (χ2n) is 4.06. The number of hydrogen-bond acceptors (Lipinski definition) is 4. The molecular weight excluding hydrogens is 260 g/mol. The van der Waals surface area contributed by atoms with Gasteiger partial charge in [-0.25, -0.2) is 4.79 Å². The van der Waals surface area contributed by atoms with Crippen LogP contribution in [0, 0.1) is 0 Å². The summed E-state index contributed by atoms with van der Waals surface area (Å²) in [7, 11) is 1.41. The van der Waals surface area contributed by atoms with Gasteiger partial charge in [-0.3, -0.25) is 0 Å². The topological polar surface area (TPSA) is 76.0 Å². The van der Waals surface area contributed by atoms with E-state index in [9.17, 15) is 9.90 Å². The Morgan fingerprint density at radius 2 is 1.80 bits per heavy atom. The summed E-state index contributed by atoms with van der Waals surface area (Å²) in [6.45, 7) is 0. The quantitative estimate of drug-likeness (QED) is 0.876. The molecule has 0 spiro atoms. The molecule has 0 aliphatic heterocycles. The number of carboxylic acid groups (broad SMARTS) is 1. The van der Waals surface area contributed by atoms with Gasteiger partial charge in [0.05, 0.1) is 7.11 Å². The summed E-state index contributed by atoms with van der Waals surface area (Å²) >= 11 is 0. The van der Waals surface area contributed by atoms with E-state index < -0.39 is 12.1 Å². The summed E-state index contributed by atoms with van der Waals surface area (Å²) in [5.74, 6) is -0.0128. The summed E-state index contributed by atoms with van der Waals surface area (Å²) in [5, 5.41) is 18.6. The number of aliphatic hydroxyl groups excluding tert-OH is 1. The van der Waals surface area contributed by atoms with E-state index in [0.717, 1.165) is 0 Å². The van der Waals surface area contributed by atoms with Crippen molar-refractivity contribution >= 4 is 5.97 Å². The van der Waals surface area contributed by atoms with E-state index in [2.05, 4.69) is 0 Å². The van der Waals surface area contributed by atoms with Crippen LogP contribution in [0.25, 0.3) is 0 Å². The van der Waals surface area contributed by atoms with Crippen LogP contribution in [-0.2, 0) is 4.79 Å². The molecule has 0 bridgehead atoms. The van der Waals surface area contributed by atoms with Crippen LogP contribution in [0.2, 0.25) is 0 Å². The molecule has 0 fully saturated rings. The number of aliphatic carboxylic acids is 1. The monoisotopic (exact) mass is 274 g/mol. The van der Waals surface area contributed by atoms with Crippen LogP contribution >= 0.6 is 0 Å². The molecule has 104 valence electrons. The van der Waals surface area contributed by atoms with Gasteiger partial charge in [0, 0.05) is 5.56 Å². The van der Waals surface area contributed by atoms with Gasteiger partial charge < -0.3 is 19.7 Å². The van der Waals surface area contributed by atoms with Gasteiger partial charge in [-0.05, 0) is 30.3 Å². The lowest BCUT2D eigenvalue weighted by molar-refractivity contribution is -0.147. The molecule has 20 heavy (non-hydrogen) atoms. The van der Waals surface area contributed by atoms with E-state index in [1.54, 1.807) is 24.3 Å². The Morgan fingerprint density at radius 1 is 1.10 bits per heavy atom. The summed E-state index contributed by atoms with van der Waals surface area (Å²) in [4.78, 5) is 10.9. The molecule has 1 unspecified atom stereocenters. The van der Waals surface area contributed by atoms with Gasteiger partial charge in [0.15, 0.2) is 6.10 Å². The Kier molecular flexibility index (Phi) is 4.22. The molecule has 0 saturated carbocycles. The smallest absolute Gasteiger partial charge is 0.337 e. The van der Waals surface area contributed by atoms with Crippen molar-refractivity contribution in [3.8, 4) is 17.2 Å². The van der Waals surface area contributed by atoms with Gasteiger partial charge >= 0.3 is 5.97 Å². The zero-order valence-electron chi connectivity index (χ0n) is 10.8. The number of ether oxygens (including phenoxy) is 2. The Hall–Kier alpha value is -2.53. The SMILES string of the molecule is COc1ccc(Oc2ccccc2)cc1C(O)C(=O)O. The molecule has 2 aromatic rings. The van der Waals surface area contributed by atoms with Crippen molar-refractivity contribution in [3.63, 3.8) is 0 Å². The summed E-state index contributed by atoms with van der Waals surface area (Å²) in [6.07, 6.45) is -1.66. The molecule has 0 radical (unpaired) electrons. The number of rotatable bonds is 5. The molecule has 2 N–H and O–H groups in total. The van der Waals surface area contributed by atoms with Crippen molar-refractivity contribution in [1.82, 2.24) is 0 Å². The number of benzene rings is 2. The van der Waals surface area contributed by atoms with Crippen LogP contribution in [0.5, 0.6) is 17.2 Å². The summed E-state index contributed by atoms with van der Waals surface area (Å²) in [5.41, 5.74) is 0.147. The summed E-state index contributed by atoms with van der Waals surface area (Å²) < 4.78 is 10.6. The highest BCUT2D eigenvalue weighted by Gasteiger charge is 2.21. The fourth-order valence-corrected chi connectivity index (χ4v) is 1.75. The first-order valence-corrected chi connectivity index (χ1v) is 5.93. The van der Waals surface area contributed by atoms with Crippen molar-refractivity contribution in [2.24, 2.45) is 0 Å². The minimum Gasteiger partial charge on any atom is -0.496 e. The lowest BCUT2D eigenvalue weighted by atomic mass is 10.1. The Balaban J connectivity index is 2.32. The number of para-hydroxylation sites is 1. The molecule has 0 saturated heterocycles. The highest BCUT2D eigenvalue weighted by atomic mass is 16.5. The molecular formula is C15H14O5. The maximum Gasteiger partial charge on any atom is 0.337 e. The molecule has 2 rings (SSSR count). The van der Waals surface area contributed by atoms with Crippen molar-refractivity contribution in [3.05, 3.63) is 54.1 Å². The first-order chi connectivity index (χ1) is 9.61. The predicted octanol–water partition coefficient (Wildman–Crippen LogP) is 2.61. The second-order valence-corrected chi connectivity index (χ2v) is 4.06. The fraction of sp³-hybridized carbons (Fsp3) is 0.133. The molecule has 2 aromatic carbocycles. The van der Waals surface area contributed by atoms with Crippen LogP contribution in [0.1, 0.15) is 11.7 Å². The average molecular weight is 274 g/mol. The van der Waals surface area contributed by atoms with Crippen LogP contribution in [0.3, 0.4) is 0 Å². The maximum atomic E-state index is 10.9. The standard InChI is InChI=1S/C15H14O5/c1-19-13-8-7-11(9-12(13)14(16)15(17)18)20-10-5-3-2-4-6-10/h2-9,14,16H,1H3,(H,17,18). The Bertz CT molecular complexity index is 594. The van der Waals surface area contributed by atoms with E-state index in [1.807, 2.05) is 18.2 Å². The van der Waals surface area contributed by atoms with Gasteiger partial charge in [-0.1, -0.05) is 18.2 Å². The minimum atomic E-state index is -1.66. The molecule has 0 aliphatic carbocycles. The van der Waals surface area contributed by atoms with Gasteiger partial charge in [-0.15, -0.1) is 0 Å². The highest BCUT2D eigenvalue weighted by molar-refractivity contribution is 5.75. The zero-order chi connectivity index (χ0) is 14.5. The third-order valence-corrected chi connectivity index (χ3v) is 2.71. The van der Waals surface area contributed by atoms with E-state index in [0.29, 0.717) is 17.2 Å². The molecule has 0 aliphatic rings. The highest BCUT2D eigenvalue weighted by Crippen LogP contribution is 2.31. The molecule has 5 heteroatoms. The van der Waals surface area contributed by atoms with Crippen molar-refractivity contribution in [1.29, 1.82) is 0 Å². The maximum absolute atomic E-state index is 10.9. The van der Waals surface area contributed by atoms with E-state index in [4.69, 9.17) is 14.6 Å². The van der Waals surface area contributed by atoms with Crippen molar-refractivity contribution in [2.45, 2.75) is 6.10 Å². The van der Waals surface area contributed by atoms with Gasteiger partial charge in [0.1, 0.15) is 17.2 Å². The molecule has 0 heterocycles. The molecule has 5 nitrogen and oxygen atoms in total. The van der Waals surface area contributed by atoms with Crippen molar-refractivity contribution < 1.29 is 24.5 Å². The second kappa shape index (κ2) is 6.08. The van der Waals surface area contributed by atoms with E-state index in [1.165, 1.54) is 13.2 Å². The van der Waals surface area contributed by atoms with Crippen LogP contribution in [0.4, 0.5) is 0 Å². The van der Waals surface area contributed by atoms with Crippen LogP contribution in [0.15, 0.2) is 48.5 Å². The third kappa shape index (κ3) is 3.07. The van der Waals surface area contributed by atoms with Gasteiger partial charge in [0.25, 0.3) is 0 Å². The minimum absolute atomic E-state index is 0.147. The fourth-order valence-electron chi connectivity index (χ4n) is 1.75. The number of carbonyl (C=O) groups is 1. The van der Waals surface area contributed by atoms with Gasteiger partial charge in [-0.2, -0.15) is 0 Å². The Labute approximate surface area is 116 Å². The molecule has 0 aromatic heterocycles. The van der Waals surface area contributed by atoms with Crippen molar-refractivity contribution in [2.75, 3.05) is 7.11 Å².